The first kappa shape index (κ1) is 15.8. The Kier molecular flexibility index (Phi) is 5.61. The van der Waals surface area contributed by atoms with Crippen molar-refractivity contribution < 1.29 is 14.7 Å². The van der Waals surface area contributed by atoms with Crippen LogP contribution in [0.1, 0.15) is 43.5 Å². The van der Waals surface area contributed by atoms with Crippen molar-refractivity contribution in [3.05, 3.63) is 22.4 Å². The van der Waals surface area contributed by atoms with E-state index in [0.29, 0.717) is 12.5 Å². The molecule has 2 rings (SSSR count). The molecule has 2 amide bonds. The van der Waals surface area contributed by atoms with Crippen molar-refractivity contribution >= 4 is 23.3 Å². The van der Waals surface area contributed by atoms with Crippen molar-refractivity contribution in [2.24, 2.45) is 11.8 Å². The van der Waals surface area contributed by atoms with E-state index in [0.717, 1.165) is 30.6 Å². The van der Waals surface area contributed by atoms with Crippen molar-refractivity contribution in [3.63, 3.8) is 0 Å². The number of carboxylic acids is 1. The summed E-state index contributed by atoms with van der Waals surface area (Å²) in [5, 5.41) is 16.8. The molecular weight excluding hydrogens is 288 g/mol. The average Bonchev–Trinajstić information content (AvgIpc) is 3.00. The predicted octanol–water partition coefficient (Wildman–Crippen LogP) is 3.00. The Bertz CT molecular complexity index is 467. The van der Waals surface area contributed by atoms with Gasteiger partial charge in [-0.05, 0) is 50.0 Å². The molecule has 0 aliphatic heterocycles. The fourth-order valence-corrected chi connectivity index (χ4v) is 3.44. The molecule has 1 aromatic rings. The lowest BCUT2D eigenvalue weighted by Crippen LogP contribution is -2.40. The summed E-state index contributed by atoms with van der Waals surface area (Å²) in [5.74, 6) is -0.499. The van der Waals surface area contributed by atoms with Gasteiger partial charge in [0.05, 0.1) is 12.0 Å². The number of hydrogen-bond donors (Lipinski definition) is 3. The Morgan fingerprint density at radius 3 is 2.67 bits per heavy atom. The van der Waals surface area contributed by atoms with E-state index in [-0.39, 0.29) is 18.0 Å². The van der Waals surface area contributed by atoms with Gasteiger partial charge in [-0.25, -0.2) is 4.79 Å². The van der Waals surface area contributed by atoms with E-state index in [2.05, 4.69) is 10.6 Å². The van der Waals surface area contributed by atoms with Crippen LogP contribution in [-0.2, 0) is 4.79 Å². The lowest BCUT2D eigenvalue weighted by molar-refractivity contribution is -0.143. The third-order valence-electron chi connectivity index (χ3n) is 4.06. The Labute approximate surface area is 128 Å². The van der Waals surface area contributed by atoms with Gasteiger partial charge in [0, 0.05) is 11.4 Å². The van der Waals surface area contributed by atoms with Crippen LogP contribution in [0, 0.1) is 11.8 Å². The summed E-state index contributed by atoms with van der Waals surface area (Å²) in [5.41, 5.74) is 0. The van der Waals surface area contributed by atoms with E-state index >= 15 is 0 Å². The van der Waals surface area contributed by atoms with Gasteiger partial charge in [-0.15, -0.1) is 11.3 Å². The molecule has 0 bridgehead atoms. The van der Waals surface area contributed by atoms with Crippen LogP contribution >= 0.6 is 11.3 Å². The number of rotatable bonds is 5. The zero-order chi connectivity index (χ0) is 15.2. The van der Waals surface area contributed by atoms with Crippen molar-refractivity contribution in [1.82, 2.24) is 10.6 Å². The number of nitrogens with one attached hydrogen (secondary N) is 2. The molecule has 6 heteroatoms. The Hall–Kier alpha value is -1.56. The number of urea groups is 1. The SMILES string of the molecule is CC(NC(=O)NCC1CCC(C(=O)O)CC1)c1cccs1. The second-order valence-electron chi connectivity index (χ2n) is 5.65. The highest BCUT2D eigenvalue weighted by molar-refractivity contribution is 7.10. The monoisotopic (exact) mass is 310 g/mol. The maximum Gasteiger partial charge on any atom is 0.315 e. The molecule has 1 aliphatic carbocycles. The van der Waals surface area contributed by atoms with Gasteiger partial charge in [-0.3, -0.25) is 4.79 Å². The summed E-state index contributed by atoms with van der Waals surface area (Å²) in [4.78, 5) is 23.9. The maximum atomic E-state index is 11.9. The number of carboxylic acid groups (broad SMARTS) is 1. The third-order valence-corrected chi connectivity index (χ3v) is 5.12. The first-order valence-electron chi connectivity index (χ1n) is 7.37. The molecule has 0 saturated heterocycles. The first-order valence-corrected chi connectivity index (χ1v) is 8.24. The lowest BCUT2D eigenvalue weighted by atomic mass is 9.82. The quantitative estimate of drug-likeness (QED) is 0.782. The lowest BCUT2D eigenvalue weighted by Gasteiger charge is -2.26. The van der Waals surface area contributed by atoms with E-state index in [9.17, 15) is 9.59 Å². The predicted molar refractivity (Wildman–Crippen MR) is 82.4 cm³/mol. The van der Waals surface area contributed by atoms with Gasteiger partial charge in [0.1, 0.15) is 0 Å². The van der Waals surface area contributed by atoms with E-state index < -0.39 is 5.97 Å². The van der Waals surface area contributed by atoms with Crippen LogP contribution in [0.2, 0.25) is 0 Å². The molecule has 5 nitrogen and oxygen atoms in total. The zero-order valence-electron chi connectivity index (χ0n) is 12.2. The molecule has 116 valence electrons. The summed E-state index contributed by atoms with van der Waals surface area (Å²) in [6.07, 6.45) is 3.18. The maximum absolute atomic E-state index is 11.9. The standard InChI is InChI=1S/C15H22N2O3S/c1-10(13-3-2-8-21-13)17-15(20)16-9-11-4-6-12(7-5-11)14(18)19/h2-3,8,10-12H,4-7,9H2,1H3,(H,18,19)(H2,16,17,20). The van der Waals surface area contributed by atoms with Crippen LogP contribution in [0.4, 0.5) is 4.79 Å². The molecule has 1 aromatic heterocycles. The van der Waals surface area contributed by atoms with Crippen LogP contribution in [0.25, 0.3) is 0 Å². The topological polar surface area (TPSA) is 78.4 Å². The summed E-state index contributed by atoms with van der Waals surface area (Å²) in [6, 6.07) is 3.82. The largest absolute Gasteiger partial charge is 0.481 e. The smallest absolute Gasteiger partial charge is 0.315 e. The number of aliphatic carboxylic acids is 1. The minimum absolute atomic E-state index is 0.00717. The molecule has 0 aromatic carbocycles. The molecule has 1 atom stereocenters. The Morgan fingerprint density at radius 2 is 2.10 bits per heavy atom. The molecule has 0 radical (unpaired) electrons. The fraction of sp³-hybridized carbons (Fsp3) is 0.600. The number of carbonyl (C=O) groups is 2. The molecule has 3 N–H and O–H groups in total. The number of thiophene rings is 1. The third kappa shape index (κ3) is 4.74. The minimum atomic E-state index is -0.691. The van der Waals surface area contributed by atoms with Gasteiger partial charge in [-0.2, -0.15) is 0 Å². The van der Waals surface area contributed by atoms with Crippen molar-refractivity contribution in [3.8, 4) is 0 Å². The Morgan fingerprint density at radius 1 is 1.38 bits per heavy atom. The van der Waals surface area contributed by atoms with Gasteiger partial charge < -0.3 is 15.7 Å². The highest BCUT2D eigenvalue weighted by Crippen LogP contribution is 2.28. The fourth-order valence-electron chi connectivity index (χ4n) is 2.71. The number of carbonyl (C=O) groups excluding carboxylic acids is 1. The highest BCUT2D eigenvalue weighted by atomic mass is 32.1. The van der Waals surface area contributed by atoms with Gasteiger partial charge in [0.2, 0.25) is 0 Å². The average molecular weight is 310 g/mol. The van der Waals surface area contributed by atoms with E-state index in [1.807, 2.05) is 24.4 Å². The molecule has 21 heavy (non-hydrogen) atoms. The first-order chi connectivity index (χ1) is 10.1. The molecule has 1 heterocycles. The summed E-state index contributed by atoms with van der Waals surface area (Å²) >= 11 is 1.62. The van der Waals surface area contributed by atoms with Crippen LogP contribution in [-0.4, -0.2) is 23.7 Å². The molecule has 0 spiro atoms. The highest BCUT2D eigenvalue weighted by Gasteiger charge is 2.26. The van der Waals surface area contributed by atoms with Crippen LogP contribution in [0.5, 0.6) is 0 Å². The van der Waals surface area contributed by atoms with E-state index in [4.69, 9.17) is 5.11 Å². The van der Waals surface area contributed by atoms with E-state index in [1.54, 1.807) is 11.3 Å². The number of amides is 2. The van der Waals surface area contributed by atoms with Crippen LogP contribution in [0.3, 0.4) is 0 Å². The van der Waals surface area contributed by atoms with Gasteiger partial charge in [0.25, 0.3) is 0 Å². The van der Waals surface area contributed by atoms with Crippen molar-refractivity contribution in [2.75, 3.05) is 6.54 Å². The van der Waals surface area contributed by atoms with Gasteiger partial charge in [0.15, 0.2) is 0 Å². The van der Waals surface area contributed by atoms with Crippen LogP contribution in [0.15, 0.2) is 17.5 Å². The molecule has 1 unspecified atom stereocenters. The van der Waals surface area contributed by atoms with E-state index in [1.165, 1.54) is 0 Å². The molecule has 1 fully saturated rings. The second kappa shape index (κ2) is 7.45. The second-order valence-corrected chi connectivity index (χ2v) is 6.63. The Balaban J connectivity index is 1.67. The van der Waals surface area contributed by atoms with Gasteiger partial charge >= 0.3 is 12.0 Å². The molecule has 1 saturated carbocycles. The normalized spacial score (nSPS) is 23.3. The summed E-state index contributed by atoms with van der Waals surface area (Å²) < 4.78 is 0. The summed E-state index contributed by atoms with van der Waals surface area (Å²) in [6.45, 7) is 2.58. The zero-order valence-corrected chi connectivity index (χ0v) is 13.0. The minimum Gasteiger partial charge on any atom is -0.481 e. The molecule has 1 aliphatic rings. The number of hydrogen-bond acceptors (Lipinski definition) is 3. The van der Waals surface area contributed by atoms with Crippen LogP contribution < -0.4 is 10.6 Å². The molecular formula is C15H22N2O3S. The van der Waals surface area contributed by atoms with Crippen molar-refractivity contribution in [2.45, 2.75) is 38.6 Å². The summed E-state index contributed by atoms with van der Waals surface area (Å²) in [7, 11) is 0. The van der Waals surface area contributed by atoms with Gasteiger partial charge in [-0.1, -0.05) is 6.07 Å². The van der Waals surface area contributed by atoms with Crippen molar-refractivity contribution in [1.29, 1.82) is 0 Å².